The average Bonchev–Trinajstić information content (AvgIpc) is 2.73. The molecular weight excluding hydrogens is 380 g/mol. The molecule has 0 fully saturated rings. The topological polar surface area (TPSA) is 52.6 Å². The third-order valence-corrected chi connectivity index (χ3v) is 10.0. The Labute approximate surface area is 174 Å². The summed E-state index contributed by atoms with van der Waals surface area (Å²) < 4.78 is 11.4. The van der Waals surface area contributed by atoms with E-state index in [0.29, 0.717) is 12.8 Å². The van der Waals surface area contributed by atoms with Crippen LogP contribution in [0.3, 0.4) is 0 Å². The van der Waals surface area contributed by atoms with Gasteiger partial charge in [-0.1, -0.05) is 87.5 Å². The Balaban J connectivity index is 2.43. The highest BCUT2D eigenvalue weighted by Gasteiger charge is 2.51. The molecule has 2 aromatic rings. The summed E-state index contributed by atoms with van der Waals surface area (Å²) in [4.78, 5) is 23.2. The third kappa shape index (κ3) is 5.52. The van der Waals surface area contributed by atoms with Gasteiger partial charge < -0.3 is 14.0 Å². The number of carbonyl (C=O) groups is 2. The Morgan fingerprint density at radius 1 is 1.00 bits per heavy atom. The van der Waals surface area contributed by atoms with Crippen molar-refractivity contribution in [1.29, 1.82) is 0 Å². The van der Waals surface area contributed by atoms with E-state index in [9.17, 15) is 9.59 Å². The van der Waals surface area contributed by atoms with Crippen molar-refractivity contribution >= 4 is 30.9 Å². The van der Waals surface area contributed by atoms with Crippen molar-refractivity contribution < 1.29 is 18.8 Å². The van der Waals surface area contributed by atoms with E-state index >= 15 is 0 Å². The molecule has 4 nitrogen and oxygen atoms in total. The summed E-state index contributed by atoms with van der Waals surface area (Å²) >= 11 is 0. The molecule has 0 saturated carbocycles. The number of methoxy groups -OCH3 is 1. The van der Waals surface area contributed by atoms with Gasteiger partial charge in [-0.25, -0.2) is 4.79 Å². The van der Waals surface area contributed by atoms with Crippen molar-refractivity contribution in [3.05, 3.63) is 72.8 Å². The van der Waals surface area contributed by atoms with Crippen LogP contribution in [0.1, 0.15) is 33.6 Å². The summed E-state index contributed by atoms with van der Waals surface area (Å²) in [6.45, 7) is 6.54. The van der Waals surface area contributed by atoms with Gasteiger partial charge in [0.15, 0.2) is 0 Å². The van der Waals surface area contributed by atoms with Gasteiger partial charge in [-0.2, -0.15) is 0 Å². The molecule has 0 aliphatic rings. The van der Waals surface area contributed by atoms with Crippen LogP contribution in [0.15, 0.2) is 72.8 Å². The Kier molecular flexibility index (Phi) is 8.11. The zero-order valence-corrected chi connectivity index (χ0v) is 18.6. The molecule has 0 aliphatic heterocycles. The fraction of sp³-hybridized carbons (Fsp3) is 0.333. The van der Waals surface area contributed by atoms with Crippen molar-refractivity contribution in [3.8, 4) is 0 Å². The second-order valence-corrected chi connectivity index (χ2v) is 12.2. The molecule has 2 aromatic carbocycles. The van der Waals surface area contributed by atoms with Crippen LogP contribution in [0.2, 0.25) is 5.04 Å². The van der Waals surface area contributed by atoms with Crippen molar-refractivity contribution in [2.24, 2.45) is 0 Å². The molecule has 0 amide bonds. The number of rotatable bonds is 9. The van der Waals surface area contributed by atoms with Gasteiger partial charge in [0.2, 0.25) is 0 Å². The fourth-order valence-electron chi connectivity index (χ4n) is 3.58. The number of aldehydes is 1. The van der Waals surface area contributed by atoms with E-state index in [-0.39, 0.29) is 5.04 Å². The maximum absolute atomic E-state index is 11.9. The number of hydrogen-bond donors (Lipinski definition) is 0. The van der Waals surface area contributed by atoms with Crippen LogP contribution in [-0.4, -0.2) is 33.8 Å². The molecule has 0 aromatic heterocycles. The molecule has 1 atom stereocenters. The van der Waals surface area contributed by atoms with Crippen molar-refractivity contribution in [1.82, 2.24) is 0 Å². The van der Waals surface area contributed by atoms with E-state index in [1.807, 2.05) is 36.4 Å². The third-order valence-electron chi connectivity index (χ3n) is 4.97. The number of carbonyl (C=O) groups excluding carboxylic acids is 2. The van der Waals surface area contributed by atoms with Crippen LogP contribution in [0.4, 0.5) is 0 Å². The van der Waals surface area contributed by atoms with Crippen molar-refractivity contribution in [2.75, 3.05) is 7.11 Å². The van der Waals surface area contributed by atoms with Crippen LogP contribution in [0, 0.1) is 0 Å². The highest BCUT2D eigenvalue weighted by molar-refractivity contribution is 6.99. The quantitative estimate of drug-likeness (QED) is 0.274. The van der Waals surface area contributed by atoms with Gasteiger partial charge in [0.25, 0.3) is 8.32 Å². The number of esters is 1. The lowest BCUT2D eigenvalue weighted by Gasteiger charge is -2.44. The normalized spacial score (nSPS) is 13.2. The summed E-state index contributed by atoms with van der Waals surface area (Å²) in [6, 6.07) is 20.5. The highest BCUT2D eigenvalue weighted by atomic mass is 28.4. The summed E-state index contributed by atoms with van der Waals surface area (Å²) in [6.07, 6.45) is 4.47. The van der Waals surface area contributed by atoms with Gasteiger partial charge in [0.05, 0.1) is 7.11 Å². The Hall–Kier alpha value is -2.50. The average molecular weight is 411 g/mol. The number of allylic oxidation sites excluding steroid dienone is 1. The minimum absolute atomic E-state index is 0.196. The van der Waals surface area contributed by atoms with E-state index in [1.54, 1.807) is 6.08 Å². The number of benzene rings is 2. The molecule has 2 rings (SSSR count). The molecule has 29 heavy (non-hydrogen) atoms. The fourth-order valence-corrected chi connectivity index (χ4v) is 8.22. The molecule has 0 unspecified atom stereocenters. The zero-order valence-electron chi connectivity index (χ0n) is 17.6. The molecule has 0 N–H and O–H groups in total. The lowest BCUT2D eigenvalue weighted by Crippen LogP contribution is -2.67. The minimum atomic E-state index is -2.77. The Morgan fingerprint density at radius 2 is 1.52 bits per heavy atom. The maximum Gasteiger partial charge on any atom is 0.330 e. The number of ether oxygens (including phenoxy) is 1. The first-order chi connectivity index (χ1) is 13.8. The molecule has 5 heteroatoms. The maximum atomic E-state index is 11.9. The first-order valence-electron chi connectivity index (χ1n) is 9.84. The summed E-state index contributed by atoms with van der Waals surface area (Å²) in [5.41, 5.74) is 0. The predicted molar refractivity (Wildman–Crippen MR) is 119 cm³/mol. The van der Waals surface area contributed by atoms with Crippen LogP contribution in [0.5, 0.6) is 0 Å². The molecule has 0 heterocycles. The SMILES string of the molecule is COC(=O)/C=C/CC[C@@H](C=O)O[Si](c1ccccc1)(c1ccccc1)C(C)(C)C. The van der Waals surface area contributed by atoms with E-state index in [1.165, 1.54) is 13.2 Å². The van der Waals surface area contributed by atoms with Crippen LogP contribution >= 0.6 is 0 Å². The van der Waals surface area contributed by atoms with Gasteiger partial charge in [-0.05, 0) is 28.3 Å². The molecule has 0 aliphatic carbocycles. The molecule has 0 saturated heterocycles. The summed E-state index contributed by atoms with van der Waals surface area (Å²) in [5.74, 6) is -0.402. The Bertz CT molecular complexity index is 770. The molecule has 154 valence electrons. The molecule has 0 radical (unpaired) electrons. The molecule has 0 bridgehead atoms. The summed E-state index contributed by atoms with van der Waals surface area (Å²) in [5, 5.41) is 2.07. The van der Waals surface area contributed by atoms with Gasteiger partial charge >= 0.3 is 5.97 Å². The summed E-state index contributed by atoms with van der Waals surface area (Å²) in [7, 11) is -1.43. The number of hydrogen-bond acceptors (Lipinski definition) is 4. The van der Waals surface area contributed by atoms with E-state index in [4.69, 9.17) is 4.43 Å². The molecular formula is C24H30O4Si. The lowest BCUT2D eigenvalue weighted by atomic mass is 10.2. The van der Waals surface area contributed by atoms with Gasteiger partial charge in [0, 0.05) is 6.08 Å². The van der Waals surface area contributed by atoms with E-state index in [2.05, 4.69) is 49.8 Å². The highest BCUT2D eigenvalue weighted by Crippen LogP contribution is 2.37. The predicted octanol–water partition coefficient (Wildman–Crippen LogP) is 3.64. The van der Waals surface area contributed by atoms with Gasteiger partial charge in [-0.3, -0.25) is 0 Å². The largest absolute Gasteiger partial charge is 0.466 e. The lowest BCUT2D eigenvalue weighted by molar-refractivity contribution is -0.134. The van der Waals surface area contributed by atoms with Gasteiger partial charge in [-0.15, -0.1) is 0 Å². The van der Waals surface area contributed by atoms with E-state index in [0.717, 1.165) is 16.7 Å². The molecule has 0 spiro atoms. The van der Waals surface area contributed by atoms with Crippen LogP contribution in [0.25, 0.3) is 0 Å². The first-order valence-corrected chi connectivity index (χ1v) is 11.7. The second-order valence-electron chi connectivity index (χ2n) is 7.96. The van der Waals surface area contributed by atoms with Crippen LogP contribution < -0.4 is 10.4 Å². The van der Waals surface area contributed by atoms with E-state index < -0.39 is 20.4 Å². The smallest absolute Gasteiger partial charge is 0.330 e. The standard InChI is InChI=1S/C24H30O4Si/c1-24(2,3)29(21-14-7-5-8-15-21,22-16-9-6-10-17-22)28-20(19-25)13-11-12-18-23(26)27-4/h5-10,12,14-20H,11,13H2,1-4H3/b18-12+/t20-/m0/s1. The second kappa shape index (κ2) is 10.3. The Morgan fingerprint density at radius 3 is 1.93 bits per heavy atom. The van der Waals surface area contributed by atoms with Gasteiger partial charge in [0.1, 0.15) is 12.4 Å². The van der Waals surface area contributed by atoms with Crippen LogP contribution in [-0.2, 0) is 18.8 Å². The van der Waals surface area contributed by atoms with Crippen molar-refractivity contribution in [3.63, 3.8) is 0 Å². The monoisotopic (exact) mass is 410 g/mol. The minimum Gasteiger partial charge on any atom is -0.466 e. The first kappa shape index (κ1) is 22.8. The van der Waals surface area contributed by atoms with Crippen molar-refractivity contribution in [2.45, 2.75) is 44.8 Å². The zero-order chi connectivity index (χ0) is 21.3.